The molecular weight excluding hydrogens is 318 g/mol. The minimum atomic E-state index is 0.111. The fraction of sp³-hybridized carbons (Fsp3) is 0.579. The van der Waals surface area contributed by atoms with Gasteiger partial charge in [0, 0.05) is 38.6 Å². The Morgan fingerprint density at radius 2 is 1.96 bits per heavy atom. The zero-order valence-electron chi connectivity index (χ0n) is 14.9. The molecule has 0 aromatic heterocycles. The summed E-state index contributed by atoms with van der Waals surface area (Å²) < 4.78 is 5.22. The second-order valence-corrected chi connectivity index (χ2v) is 6.85. The molecule has 1 saturated heterocycles. The Hall–Kier alpha value is -2.08. The largest absolute Gasteiger partial charge is 0.497 e. The third-order valence-electron chi connectivity index (χ3n) is 4.80. The van der Waals surface area contributed by atoms with Gasteiger partial charge in [0.15, 0.2) is 0 Å². The summed E-state index contributed by atoms with van der Waals surface area (Å²) >= 11 is 0. The van der Waals surface area contributed by atoms with E-state index in [1.165, 1.54) is 0 Å². The lowest BCUT2D eigenvalue weighted by atomic mass is 10.1. The molecule has 1 aromatic rings. The molecule has 1 heterocycles. The van der Waals surface area contributed by atoms with E-state index in [4.69, 9.17) is 4.74 Å². The van der Waals surface area contributed by atoms with E-state index in [2.05, 4.69) is 10.2 Å². The second kappa shape index (κ2) is 8.34. The van der Waals surface area contributed by atoms with Gasteiger partial charge in [-0.05, 0) is 37.0 Å². The third-order valence-corrected chi connectivity index (χ3v) is 4.80. The summed E-state index contributed by atoms with van der Waals surface area (Å²) in [5, 5.41) is 3.01. The molecule has 0 unspecified atom stereocenters. The van der Waals surface area contributed by atoms with E-state index in [1.54, 1.807) is 7.11 Å². The van der Waals surface area contributed by atoms with Gasteiger partial charge in [0.2, 0.25) is 11.8 Å². The first-order valence-corrected chi connectivity index (χ1v) is 9.06. The van der Waals surface area contributed by atoms with Crippen molar-refractivity contribution in [1.82, 2.24) is 15.1 Å². The predicted octanol–water partition coefficient (Wildman–Crippen LogP) is 1.05. The molecule has 25 heavy (non-hydrogen) atoms. The average molecular weight is 345 g/mol. The highest BCUT2D eigenvalue weighted by atomic mass is 16.5. The quantitative estimate of drug-likeness (QED) is 0.802. The zero-order valence-corrected chi connectivity index (χ0v) is 14.9. The van der Waals surface area contributed by atoms with Gasteiger partial charge in [-0.25, -0.2) is 0 Å². The summed E-state index contributed by atoms with van der Waals surface area (Å²) in [5.74, 6) is 1.12. The second-order valence-electron chi connectivity index (χ2n) is 6.85. The van der Waals surface area contributed by atoms with Crippen molar-refractivity contribution in [3.05, 3.63) is 29.8 Å². The van der Waals surface area contributed by atoms with Crippen molar-refractivity contribution in [3.63, 3.8) is 0 Å². The molecule has 0 bridgehead atoms. The number of hydrogen-bond donors (Lipinski definition) is 1. The van der Waals surface area contributed by atoms with Gasteiger partial charge in [-0.15, -0.1) is 0 Å². The van der Waals surface area contributed by atoms with Crippen LogP contribution in [0.4, 0.5) is 0 Å². The first kappa shape index (κ1) is 17.7. The first-order valence-electron chi connectivity index (χ1n) is 9.06. The van der Waals surface area contributed by atoms with Crippen LogP contribution >= 0.6 is 0 Å². The number of nitrogens with zero attached hydrogens (tertiary/aromatic N) is 2. The molecule has 1 aliphatic carbocycles. The molecule has 136 valence electrons. The van der Waals surface area contributed by atoms with Crippen LogP contribution in [0.5, 0.6) is 5.75 Å². The third kappa shape index (κ3) is 5.46. The summed E-state index contributed by atoms with van der Waals surface area (Å²) in [6.45, 7) is 3.38. The Balaban J connectivity index is 1.38. The smallest absolute Gasteiger partial charge is 0.234 e. The number of carbonyl (C=O) groups excluding carboxylic acids is 2. The molecule has 6 nitrogen and oxygen atoms in total. The number of carbonyl (C=O) groups is 2. The van der Waals surface area contributed by atoms with E-state index in [0.717, 1.165) is 43.7 Å². The Kier molecular flexibility index (Phi) is 5.91. The number of methoxy groups -OCH3 is 1. The lowest BCUT2D eigenvalue weighted by Gasteiger charge is -2.34. The van der Waals surface area contributed by atoms with Crippen LogP contribution in [0.25, 0.3) is 0 Å². The van der Waals surface area contributed by atoms with Crippen LogP contribution in [0.15, 0.2) is 24.3 Å². The molecule has 0 atom stereocenters. The molecule has 1 aromatic carbocycles. The van der Waals surface area contributed by atoms with Crippen molar-refractivity contribution >= 4 is 11.8 Å². The normalized spacial score (nSPS) is 18.0. The van der Waals surface area contributed by atoms with Crippen molar-refractivity contribution < 1.29 is 14.3 Å². The van der Waals surface area contributed by atoms with E-state index in [0.29, 0.717) is 32.1 Å². The summed E-state index contributed by atoms with van der Waals surface area (Å²) in [6, 6.07) is 8.26. The van der Waals surface area contributed by atoms with E-state index in [-0.39, 0.29) is 11.8 Å². The number of rotatable bonds is 7. The van der Waals surface area contributed by atoms with Crippen molar-refractivity contribution in [1.29, 1.82) is 0 Å². The molecule has 2 amide bonds. The predicted molar refractivity (Wildman–Crippen MR) is 95.5 cm³/mol. The molecule has 1 saturated carbocycles. The van der Waals surface area contributed by atoms with Crippen molar-refractivity contribution in [2.45, 2.75) is 31.7 Å². The fourth-order valence-electron chi connectivity index (χ4n) is 3.10. The lowest BCUT2D eigenvalue weighted by Crippen LogP contribution is -2.51. The number of aryl methyl sites for hydroxylation is 1. The Labute approximate surface area is 149 Å². The first-order chi connectivity index (χ1) is 12.1. The summed E-state index contributed by atoms with van der Waals surface area (Å²) in [6.07, 6.45) is 3.46. The van der Waals surface area contributed by atoms with E-state index < -0.39 is 0 Å². The van der Waals surface area contributed by atoms with Gasteiger partial charge in [-0.2, -0.15) is 0 Å². The maximum absolute atomic E-state index is 12.4. The lowest BCUT2D eigenvalue weighted by molar-refractivity contribution is -0.133. The molecule has 0 radical (unpaired) electrons. The highest BCUT2D eigenvalue weighted by molar-refractivity contribution is 5.79. The minimum Gasteiger partial charge on any atom is -0.497 e. The maximum Gasteiger partial charge on any atom is 0.234 e. The van der Waals surface area contributed by atoms with Crippen LogP contribution in [0, 0.1) is 0 Å². The van der Waals surface area contributed by atoms with Crippen LogP contribution in [0.1, 0.15) is 24.8 Å². The fourth-order valence-corrected chi connectivity index (χ4v) is 3.10. The van der Waals surface area contributed by atoms with Gasteiger partial charge in [0.25, 0.3) is 0 Å². The molecule has 2 fully saturated rings. The van der Waals surface area contributed by atoms with Gasteiger partial charge in [0.1, 0.15) is 5.75 Å². The SMILES string of the molecule is COc1cccc(CCC(=O)N2CCN(CC(=O)NC3CC3)CC2)c1. The highest BCUT2D eigenvalue weighted by Gasteiger charge is 2.26. The number of benzene rings is 1. The highest BCUT2D eigenvalue weighted by Crippen LogP contribution is 2.18. The van der Waals surface area contributed by atoms with Gasteiger partial charge in [-0.1, -0.05) is 12.1 Å². The monoisotopic (exact) mass is 345 g/mol. The molecule has 1 aliphatic heterocycles. The van der Waals surface area contributed by atoms with Crippen LogP contribution in [-0.2, 0) is 16.0 Å². The number of hydrogen-bond acceptors (Lipinski definition) is 4. The van der Waals surface area contributed by atoms with Gasteiger partial charge in [-0.3, -0.25) is 14.5 Å². The van der Waals surface area contributed by atoms with Gasteiger partial charge < -0.3 is 15.0 Å². The van der Waals surface area contributed by atoms with Crippen LogP contribution in [0.2, 0.25) is 0 Å². The van der Waals surface area contributed by atoms with Crippen molar-refractivity contribution in [3.8, 4) is 5.75 Å². The van der Waals surface area contributed by atoms with E-state index in [1.807, 2.05) is 29.2 Å². The minimum absolute atomic E-state index is 0.111. The molecule has 2 aliphatic rings. The summed E-state index contributed by atoms with van der Waals surface area (Å²) in [5.41, 5.74) is 1.11. The number of amides is 2. The maximum atomic E-state index is 12.4. The Bertz CT molecular complexity index is 608. The molecule has 6 heteroatoms. The number of piperazine rings is 1. The van der Waals surface area contributed by atoms with E-state index >= 15 is 0 Å². The Morgan fingerprint density at radius 3 is 2.64 bits per heavy atom. The van der Waals surface area contributed by atoms with Gasteiger partial charge in [0.05, 0.1) is 13.7 Å². The molecule has 1 N–H and O–H groups in total. The van der Waals surface area contributed by atoms with Crippen molar-refractivity contribution in [2.24, 2.45) is 0 Å². The van der Waals surface area contributed by atoms with Gasteiger partial charge >= 0.3 is 0 Å². The topological polar surface area (TPSA) is 61.9 Å². The van der Waals surface area contributed by atoms with Crippen molar-refractivity contribution in [2.75, 3.05) is 39.8 Å². The molecule has 3 rings (SSSR count). The summed E-state index contributed by atoms with van der Waals surface area (Å²) in [4.78, 5) is 28.3. The standard InChI is InChI=1S/C19H27N3O3/c1-25-17-4-2-3-15(13-17)5-8-19(24)22-11-9-21(10-12-22)14-18(23)20-16-6-7-16/h2-4,13,16H,5-12,14H2,1H3,(H,20,23). The summed E-state index contributed by atoms with van der Waals surface area (Å²) in [7, 11) is 1.65. The number of nitrogens with one attached hydrogen (secondary N) is 1. The zero-order chi connectivity index (χ0) is 17.6. The average Bonchev–Trinajstić information content (AvgIpc) is 3.44. The molecule has 0 spiro atoms. The molecular formula is C19H27N3O3. The van der Waals surface area contributed by atoms with Crippen LogP contribution < -0.4 is 10.1 Å². The van der Waals surface area contributed by atoms with E-state index in [9.17, 15) is 9.59 Å². The van der Waals surface area contributed by atoms with Crippen LogP contribution in [0.3, 0.4) is 0 Å². The Morgan fingerprint density at radius 1 is 1.20 bits per heavy atom. The van der Waals surface area contributed by atoms with Crippen LogP contribution in [-0.4, -0.2) is 67.5 Å². The number of ether oxygens (including phenoxy) is 1.